The summed E-state index contributed by atoms with van der Waals surface area (Å²) in [7, 11) is 0. The SMILES string of the molecule is CC(=O)NC1C(OC(=O)c2ccccc2)[C@H](O[C@@H]2O[C@@H](COC(=O)c3ccccc3)[C@H](OC(=O)c3ccccc3)C(OC(=O)c3ccccc3)C2OC(=O)c2ccccc2)C(CO)O[C@H]1Sc1ccccc1. The van der Waals surface area contributed by atoms with Gasteiger partial charge in [0.2, 0.25) is 5.91 Å². The number of thioether (sulfide) groups is 1. The second-order valence-electron chi connectivity index (χ2n) is 16.4. The average molecular weight is 996 g/mol. The van der Waals surface area contributed by atoms with Gasteiger partial charge < -0.3 is 48.3 Å². The number of ether oxygens (including phenoxy) is 8. The van der Waals surface area contributed by atoms with Crippen LogP contribution < -0.4 is 5.32 Å². The van der Waals surface area contributed by atoms with Gasteiger partial charge >= 0.3 is 29.8 Å². The smallest absolute Gasteiger partial charge is 0.338 e. The quantitative estimate of drug-likeness (QED) is 0.0706. The van der Waals surface area contributed by atoms with Gasteiger partial charge in [-0.25, -0.2) is 24.0 Å². The van der Waals surface area contributed by atoms with E-state index in [9.17, 15) is 33.9 Å². The molecular formula is C55H49NO15S. The molecule has 2 aliphatic rings. The van der Waals surface area contributed by atoms with E-state index in [2.05, 4.69) is 5.32 Å². The van der Waals surface area contributed by atoms with E-state index in [-0.39, 0.29) is 27.8 Å². The Hall–Kier alpha value is -7.67. The molecule has 0 saturated carbocycles. The van der Waals surface area contributed by atoms with Gasteiger partial charge in [0.05, 0.1) is 34.4 Å². The van der Waals surface area contributed by atoms with Gasteiger partial charge in [0.25, 0.3) is 0 Å². The van der Waals surface area contributed by atoms with Crippen molar-refractivity contribution in [2.45, 2.75) is 72.3 Å². The van der Waals surface area contributed by atoms with E-state index >= 15 is 0 Å². The van der Waals surface area contributed by atoms with E-state index in [1.807, 2.05) is 18.2 Å². The van der Waals surface area contributed by atoms with Gasteiger partial charge in [-0.3, -0.25) is 4.79 Å². The lowest BCUT2D eigenvalue weighted by Crippen LogP contribution is -2.68. The van der Waals surface area contributed by atoms with Crippen LogP contribution in [0.2, 0.25) is 0 Å². The Morgan fingerprint density at radius 1 is 0.472 bits per heavy atom. The Morgan fingerprint density at radius 3 is 1.29 bits per heavy atom. The molecule has 2 saturated heterocycles. The van der Waals surface area contributed by atoms with Gasteiger partial charge in [0.1, 0.15) is 36.4 Å². The monoisotopic (exact) mass is 995 g/mol. The van der Waals surface area contributed by atoms with Crippen LogP contribution in [-0.2, 0) is 42.7 Å². The predicted octanol–water partition coefficient (Wildman–Crippen LogP) is 6.87. The fourth-order valence-electron chi connectivity index (χ4n) is 8.03. The standard InChI is InChI=1S/C55H49NO15S/c1-34(58)56-43-46(68-51(61)37-24-12-4-13-25-37)44(41(32-57)66-55(43)72-40-30-18-7-19-31-40)71-54-48(70-53(63)39-28-16-6-17-29-39)47(69-52(62)38-26-14-5-15-27-38)45(67-50(60)36-22-10-3-11-23-36)42(65-54)33-64-49(59)35-20-8-2-9-21-35/h2-31,41-48,54-55,57H,32-33H2,1H3,(H,56,58)/t41?,42-,43?,44+,45-,46?,47?,48?,54-,55-/m0/s1. The molecule has 0 aliphatic carbocycles. The van der Waals surface area contributed by atoms with E-state index in [1.54, 1.807) is 103 Å². The lowest BCUT2D eigenvalue weighted by molar-refractivity contribution is -0.330. The molecule has 17 heteroatoms. The van der Waals surface area contributed by atoms with Crippen LogP contribution >= 0.6 is 11.8 Å². The summed E-state index contributed by atoms with van der Waals surface area (Å²) in [5.41, 5.74) is -0.521. The minimum Gasteiger partial charge on any atom is -0.459 e. The predicted molar refractivity (Wildman–Crippen MR) is 258 cm³/mol. The van der Waals surface area contributed by atoms with E-state index in [0.717, 1.165) is 0 Å². The zero-order chi connectivity index (χ0) is 50.4. The van der Waals surface area contributed by atoms with Crippen molar-refractivity contribution >= 4 is 47.5 Å². The third kappa shape index (κ3) is 12.8. The number of hydrogen-bond acceptors (Lipinski definition) is 16. The molecule has 10 atom stereocenters. The number of carbonyl (C=O) groups excluding carboxylic acids is 6. The van der Waals surface area contributed by atoms with Crippen LogP contribution in [0.1, 0.15) is 58.7 Å². The topological polar surface area (TPSA) is 209 Å². The van der Waals surface area contributed by atoms with Crippen LogP contribution in [0.25, 0.3) is 0 Å². The molecule has 6 aromatic rings. The fraction of sp³-hybridized carbons (Fsp3) is 0.236. The maximum absolute atomic E-state index is 14.3. The van der Waals surface area contributed by atoms with Crippen molar-refractivity contribution in [3.8, 4) is 0 Å². The summed E-state index contributed by atoms with van der Waals surface area (Å²) in [6, 6.07) is 47.5. The first-order chi connectivity index (χ1) is 35.1. The number of carbonyl (C=O) groups is 6. The number of hydrogen-bond donors (Lipinski definition) is 2. The van der Waals surface area contributed by atoms with Crippen molar-refractivity contribution in [2.75, 3.05) is 13.2 Å². The molecule has 1 amide bonds. The maximum atomic E-state index is 14.3. The number of esters is 5. The third-order valence-corrected chi connectivity index (χ3v) is 12.7. The van der Waals surface area contributed by atoms with Crippen molar-refractivity contribution < 1.29 is 71.8 Å². The molecule has 2 heterocycles. The highest BCUT2D eigenvalue weighted by molar-refractivity contribution is 7.99. The van der Waals surface area contributed by atoms with Crippen LogP contribution in [0, 0.1) is 0 Å². The molecule has 0 radical (unpaired) electrons. The molecule has 370 valence electrons. The summed E-state index contributed by atoms with van der Waals surface area (Å²) in [4.78, 5) is 84.2. The number of benzene rings is 6. The number of nitrogens with one attached hydrogen (secondary N) is 1. The Labute approximate surface area is 418 Å². The van der Waals surface area contributed by atoms with Crippen molar-refractivity contribution in [1.29, 1.82) is 0 Å². The van der Waals surface area contributed by atoms with Crippen molar-refractivity contribution in [3.05, 3.63) is 210 Å². The van der Waals surface area contributed by atoms with Gasteiger partial charge in [-0.1, -0.05) is 121 Å². The summed E-state index contributed by atoms with van der Waals surface area (Å²) >= 11 is 1.18. The minimum atomic E-state index is -1.91. The molecule has 6 aromatic carbocycles. The molecule has 0 spiro atoms. The molecule has 8 rings (SSSR count). The number of rotatable bonds is 17. The summed E-state index contributed by atoms with van der Waals surface area (Å²) in [6.45, 7) is -0.159. The molecule has 72 heavy (non-hydrogen) atoms. The first-order valence-electron chi connectivity index (χ1n) is 22.9. The van der Waals surface area contributed by atoms with Gasteiger partial charge in [-0.2, -0.15) is 0 Å². The number of amides is 1. The summed E-state index contributed by atoms with van der Waals surface area (Å²) in [5, 5.41) is 14.0. The number of aliphatic hydroxyl groups excluding tert-OH is 1. The molecule has 0 aromatic heterocycles. The van der Waals surface area contributed by atoms with Gasteiger partial charge in [0, 0.05) is 11.8 Å². The van der Waals surface area contributed by atoms with Crippen LogP contribution in [-0.4, -0.2) is 115 Å². The van der Waals surface area contributed by atoms with E-state index in [1.165, 1.54) is 79.3 Å². The Kier molecular flexibility index (Phi) is 17.2. The van der Waals surface area contributed by atoms with Gasteiger partial charge in [-0.05, 0) is 72.8 Å². The minimum absolute atomic E-state index is 0.0523. The van der Waals surface area contributed by atoms with Crippen LogP contribution in [0.5, 0.6) is 0 Å². The molecule has 2 N–H and O–H groups in total. The average Bonchev–Trinajstić information content (AvgIpc) is 3.42. The lowest BCUT2D eigenvalue weighted by atomic mass is 9.95. The highest BCUT2D eigenvalue weighted by Gasteiger charge is 2.57. The highest BCUT2D eigenvalue weighted by Crippen LogP contribution is 2.39. The maximum Gasteiger partial charge on any atom is 0.338 e. The van der Waals surface area contributed by atoms with Crippen LogP contribution in [0.3, 0.4) is 0 Å². The van der Waals surface area contributed by atoms with E-state index < -0.39 is 109 Å². The zero-order valence-electron chi connectivity index (χ0n) is 38.6. The summed E-state index contributed by atoms with van der Waals surface area (Å²) in [6.07, 6.45) is -13.3. The summed E-state index contributed by atoms with van der Waals surface area (Å²) in [5.74, 6) is -4.99. The van der Waals surface area contributed by atoms with E-state index in [4.69, 9.17) is 37.9 Å². The second kappa shape index (κ2) is 24.4. The molecule has 2 aliphatic heterocycles. The number of aliphatic hydroxyl groups is 1. The van der Waals surface area contributed by atoms with Gasteiger partial charge in [-0.15, -0.1) is 0 Å². The van der Waals surface area contributed by atoms with Crippen LogP contribution in [0.15, 0.2) is 187 Å². The Morgan fingerprint density at radius 2 is 0.861 bits per heavy atom. The highest BCUT2D eigenvalue weighted by atomic mass is 32.2. The first-order valence-corrected chi connectivity index (χ1v) is 23.8. The Balaban J connectivity index is 1.25. The zero-order valence-corrected chi connectivity index (χ0v) is 39.4. The van der Waals surface area contributed by atoms with E-state index in [0.29, 0.717) is 4.90 Å². The molecule has 16 nitrogen and oxygen atoms in total. The third-order valence-electron chi connectivity index (χ3n) is 11.5. The largest absolute Gasteiger partial charge is 0.459 e. The molecule has 5 unspecified atom stereocenters. The Bertz CT molecular complexity index is 2760. The normalized spacial score (nSPS) is 23.6. The molecule has 0 bridgehead atoms. The van der Waals surface area contributed by atoms with Crippen molar-refractivity contribution in [3.63, 3.8) is 0 Å². The first kappa shape index (κ1) is 50.7. The molecular weight excluding hydrogens is 947 g/mol. The van der Waals surface area contributed by atoms with Crippen LogP contribution in [0.4, 0.5) is 0 Å². The summed E-state index contributed by atoms with van der Waals surface area (Å²) < 4.78 is 50.8. The lowest BCUT2D eigenvalue weighted by Gasteiger charge is -2.49. The van der Waals surface area contributed by atoms with Crippen molar-refractivity contribution in [2.24, 2.45) is 0 Å². The second-order valence-corrected chi connectivity index (χ2v) is 17.6. The van der Waals surface area contributed by atoms with Crippen molar-refractivity contribution in [1.82, 2.24) is 5.32 Å². The fourth-order valence-corrected chi connectivity index (χ4v) is 9.18. The molecule has 2 fully saturated rings. The van der Waals surface area contributed by atoms with Gasteiger partial charge in [0.15, 0.2) is 30.7 Å².